The van der Waals surface area contributed by atoms with Gasteiger partial charge in [-0.3, -0.25) is 4.79 Å². The fourth-order valence-corrected chi connectivity index (χ4v) is 2.16. The van der Waals surface area contributed by atoms with E-state index in [9.17, 15) is 9.59 Å². The van der Waals surface area contributed by atoms with E-state index in [1.165, 1.54) is 27.4 Å². The Morgan fingerprint density at radius 1 is 0.880 bits per heavy atom. The van der Waals surface area contributed by atoms with Crippen LogP contribution in [-0.4, -0.2) is 33.2 Å². The molecule has 2 aromatic carbocycles. The Hall–Kier alpha value is -3.28. The third-order valence-electron chi connectivity index (χ3n) is 3.44. The lowest BCUT2D eigenvalue weighted by Gasteiger charge is -2.13. The molecular weight excluding hydrogens is 322 g/mol. The van der Waals surface area contributed by atoms with Crippen LogP contribution >= 0.6 is 0 Å². The molecule has 25 heavy (non-hydrogen) atoms. The maximum Gasteiger partial charge on any atom is 0.332 e. The van der Waals surface area contributed by atoms with E-state index in [0.29, 0.717) is 28.3 Å². The number of carbonyl (C=O) groups excluding carboxylic acids is 2. The van der Waals surface area contributed by atoms with Gasteiger partial charge in [0.1, 0.15) is 0 Å². The molecule has 0 spiro atoms. The second-order valence-electron chi connectivity index (χ2n) is 4.97. The van der Waals surface area contributed by atoms with Crippen LogP contribution in [0.25, 0.3) is 5.70 Å². The molecule has 0 bridgehead atoms. The van der Waals surface area contributed by atoms with Gasteiger partial charge < -0.3 is 19.5 Å². The smallest absolute Gasteiger partial charge is 0.332 e. The Balaban J connectivity index is 2.38. The van der Waals surface area contributed by atoms with Gasteiger partial charge in [0.05, 0.1) is 27.0 Å². The number of rotatable bonds is 6. The summed E-state index contributed by atoms with van der Waals surface area (Å²) in [6.45, 7) is 0. The summed E-state index contributed by atoms with van der Waals surface area (Å²) in [5, 5.41) is 2.73. The number of nitrogens with one attached hydrogen (secondary N) is 1. The topological polar surface area (TPSA) is 73.9 Å². The quantitative estimate of drug-likeness (QED) is 0.646. The number of hydrogen-bond acceptors (Lipinski definition) is 5. The third kappa shape index (κ3) is 4.60. The van der Waals surface area contributed by atoms with Crippen molar-refractivity contribution in [2.45, 2.75) is 0 Å². The molecule has 0 heterocycles. The molecule has 0 unspecified atom stereocenters. The Labute approximate surface area is 146 Å². The summed E-state index contributed by atoms with van der Waals surface area (Å²) in [4.78, 5) is 24.1. The molecule has 0 saturated carbocycles. The molecule has 0 radical (unpaired) electrons. The van der Waals surface area contributed by atoms with Crippen LogP contribution in [-0.2, 0) is 9.53 Å². The SMILES string of the molecule is COC(=O)C=C(NC(=O)c1ccccc1)c1ccc(OC)c(OC)c1. The van der Waals surface area contributed by atoms with Crippen LogP contribution < -0.4 is 14.8 Å². The largest absolute Gasteiger partial charge is 0.493 e. The first-order chi connectivity index (χ1) is 12.1. The van der Waals surface area contributed by atoms with Crippen LogP contribution in [0.2, 0.25) is 0 Å². The Bertz CT molecular complexity index is 784. The van der Waals surface area contributed by atoms with Crippen molar-refractivity contribution in [3.63, 3.8) is 0 Å². The molecule has 130 valence electrons. The van der Waals surface area contributed by atoms with Crippen molar-refractivity contribution in [2.24, 2.45) is 0 Å². The van der Waals surface area contributed by atoms with Gasteiger partial charge in [-0.25, -0.2) is 4.79 Å². The van der Waals surface area contributed by atoms with Gasteiger partial charge in [-0.15, -0.1) is 0 Å². The molecule has 0 aromatic heterocycles. The van der Waals surface area contributed by atoms with Crippen LogP contribution in [0.1, 0.15) is 15.9 Å². The lowest BCUT2D eigenvalue weighted by Crippen LogP contribution is -2.22. The van der Waals surface area contributed by atoms with Crippen LogP contribution in [0.5, 0.6) is 11.5 Å². The van der Waals surface area contributed by atoms with Crippen LogP contribution in [0.4, 0.5) is 0 Å². The minimum Gasteiger partial charge on any atom is -0.493 e. The average Bonchev–Trinajstić information content (AvgIpc) is 2.67. The number of amides is 1. The summed E-state index contributed by atoms with van der Waals surface area (Å²) >= 11 is 0. The molecule has 0 aliphatic carbocycles. The van der Waals surface area contributed by atoms with Crippen LogP contribution in [0.3, 0.4) is 0 Å². The van der Waals surface area contributed by atoms with E-state index in [-0.39, 0.29) is 5.91 Å². The molecular formula is C19H19NO5. The van der Waals surface area contributed by atoms with E-state index < -0.39 is 5.97 Å². The highest BCUT2D eigenvalue weighted by molar-refractivity contribution is 6.02. The molecule has 2 aromatic rings. The first kappa shape index (κ1) is 18.1. The first-order valence-electron chi connectivity index (χ1n) is 7.47. The normalized spacial score (nSPS) is 10.8. The molecule has 6 heteroatoms. The molecule has 2 rings (SSSR count). The molecule has 6 nitrogen and oxygen atoms in total. The predicted octanol–water partition coefficient (Wildman–Crippen LogP) is 2.65. The maximum atomic E-state index is 12.4. The second-order valence-corrected chi connectivity index (χ2v) is 4.97. The number of carbonyl (C=O) groups is 2. The minimum atomic E-state index is -0.585. The molecule has 0 atom stereocenters. The molecule has 0 fully saturated rings. The van der Waals surface area contributed by atoms with Crippen molar-refractivity contribution in [1.82, 2.24) is 5.32 Å². The highest BCUT2D eigenvalue weighted by Gasteiger charge is 2.14. The fraction of sp³-hybridized carbons (Fsp3) is 0.158. The van der Waals surface area contributed by atoms with Crippen molar-refractivity contribution in [1.29, 1.82) is 0 Å². The van der Waals surface area contributed by atoms with Gasteiger partial charge >= 0.3 is 5.97 Å². The number of benzene rings is 2. The lowest BCUT2D eigenvalue weighted by molar-refractivity contribution is -0.134. The van der Waals surface area contributed by atoms with Crippen molar-refractivity contribution in [2.75, 3.05) is 21.3 Å². The summed E-state index contributed by atoms with van der Waals surface area (Å²) in [7, 11) is 4.30. The summed E-state index contributed by atoms with van der Waals surface area (Å²) in [6.07, 6.45) is 1.21. The van der Waals surface area contributed by atoms with Gasteiger partial charge in [0.15, 0.2) is 11.5 Å². The molecule has 0 aliphatic rings. The third-order valence-corrected chi connectivity index (χ3v) is 3.44. The number of ether oxygens (including phenoxy) is 3. The predicted molar refractivity (Wildman–Crippen MR) is 93.4 cm³/mol. The van der Waals surface area contributed by atoms with Gasteiger partial charge in [0.25, 0.3) is 5.91 Å². The standard InChI is InChI=1S/C19H19NO5/c1-23-16-10-9-14(11-17(16)24-2)15(12-18(21)25-3)20-19(22)13-7-5-4-6-8-13/h4-12H,1-3H3,(H,20,22). The maximum absolute atomic E-state index is 12.4. The van der Waals surface area contributed by atoms with Crippen LogP contribution in [0.15, 0.2) is 54.6 Å². The zero-order valence-corrected chi connectivity index (χ0v) is 14.2. The minimum absolute atomic E-state index is 0.293. The highest BCUT2D eigenvalue weighted by Crippen LogP contribution is 2.29. The van der Waals surface area contributed by atoms with E-state index in [1.807, 2.05) is 6.07 Å². The van der Waals surface area contributed by atoms with Gasteiger partial charge in [-0.05, 0) is 30.3 Å². The summed E-state index contributed by atoms with van der Waals surface area (Å²) in [5.74, 6) is 0.0893. The van der Waals surface area contributed by atoms with Gasteiger partial charge in [0, 0.05) is 17.2 Å². The van der Waals surface area contributed by atoms with Crippen molar-refractivity contribution < 1.29 is 23.8 Å². The Kier molecular flexibility index (Phi) is 6.17. The van der Waals surface area contributed by atoms with Crippen molar-refractivity contribution in [3.05, 3.63) is 65.7 Å². The lowest BCUT2D eigenvalue weighted by atomic mass is 10.1. The van der Waals surface area contributed by atoms with Gasteiger partial charge in [-0.2, -0.15) is 0 Å². The number of methoxy groups -OCH3 is 3. The molecule has 1 amide bonds. The highest BCUT2D eigenvalue weighted by atomic mass is 16.5. The van der Waals surface area contributed by atoms with Crippen molar-refractivity contribution >= 4 is 17.6 Å². The van der Waals surface area contributed by atoms with Crippen molar-refractivity contribution in [3.8, 4) is 11.5 Å². The Morgan fingerprint density at radius 2 is 1.56 bits per heavy atom. The molecule has 0 aliphatic heterocycles. The zero-order chi connectivity index (χ0) is 18.2. The first-order valence-corrected chi connectivity index (χ1v) is 7.47. The summed E-state index contributed by atoms with van der Waals surface area (Å²) in [6, 6.07) is 13.8. The number of esters is 1. The van der Waals surface area contributed by atoms with E-state index in [2.05, 4.69) is 10.1 Å². The average molecular weight is 341 g/mol. The fourth-order valence-electron chi connectivity index (χ4n) is 2.16. The second kappa shape index (κ2) is 8.54. The van der Waals surface area contributed by atoms with Gasteiger partial charge in [0.2, 0.25) is 0 Å². The monoisotopic (exact) mass is 341 g/mol. The zero-order valence-electron chi connectivity index (χ0n) is 14.2. The summed E-state index contributed by atoms with van der Waals surface area (Å²) < 4.78 is 15.1. The van der Waals surface area contributed by atoms with E-state index in [4.69, 9.17) is 9.47 Å². The Morgan fingerprint density at radius 3 is 2.16 bits per heavy atom. The van der Waals surface area contributed by atoms with Gasteiger partial charge in [-0.1, -0.05) is 18.2 Å². The number of hydrogen-bond donors (Lipinski definition) is 1. The van der Waals surface area contributed by atoms with Crippen LogP contribution in [0, 0.1) is 0 Å². The van der Waals surface area contributed by atoms with E-state index >= 15 is 0 Å². The van der Waals surface area contributed by atoms with E-state index in [1.54, 1.807) is 42.5 Å². The molecule has 1 N–H and O–H groups in total. The van der Waals surface area contributed by atoms with E-state index in [0.717, 1.165) is 0 Å². The summed E-state index contributed by atoms with van der Waals surface area (Å²) in [5.41, 5.74) is 1.34. The molecule has 0 saturated heterocycles.